The Bertz CT molecular complexity index is 1560. The smallest absolute Gasteiger partial charge is 0.379 e. The first-order valence-electron chi connectivity index (χ1n) is 13.2. The fraction of sp³-hybridized carbons (Fsp3) is 0.636. The van der Waals surface area contributed by atoms with Crippen molar-refractivity contribution < 1.29 is 37.5 Å². The van der Waals surface area contributed by atoms with Gasteiger partial charge < -0.3 is 35.3 Å². The fourth-order valence-electron chi connectivity index (χ4n) is 4.85. The minimum Gasteiger partial charge on any atom is -0.379 e. The van der Waals surface area contributed by atoms with Gasteiger partial charge in [0.2, 0.25) is 11.9 Å². The first-order valence-corrected chi connectivity index (χ1v) is 14.7. The highest BCUT2D eigenvalue weighted by Crippen LogP contribution is 2.49. The number of ether oxygens (including phenoxy) is 4. The summed E-state index contributed by atoms with van der Waals surface area (Å²) >= 11 is 0. The van der Waals surface area contributed by atoms with Crippen LogP contribution in [-0.2, 0) is 32.6 Å². The summed E-state index contributed by atoms with van der Waals surface area (Å²) in [4.78, 5) is 53.1. The maximum absolute atomic E-state index is 13.1. The van der Waals surface area contributed by atoms with Crippen LogP contribution in [-0.4, -0.2) is 89.8 Å². The Morgan fingerprint density at radius 1 is 1.02 bits per heavy atom. The molecule has 5 heterocycles. The van der Waals surface area contributed by atoms with Gasteiger partial charge in [0, 0.05) is 26.1 Å². The maximum Gasteiger partial charge on any atom is 0.472 e. The van der Waals surface area contributed by atoms with Crippen LogP contribution in [0.4, 0.5) is 11.9 Å². The lowest BCUT2D eigenvalue weighted by molar-refractivity contribution is -0.0704. The number of hydrogen-bond donors (Lipinski definition) is 4. The Morgan fingerprint density at radius 2 is 1.71 bits per heavy atom. The van der Waals surface area contributed by atoms with E-state index >= 15 is 0 Å². The van der Waals surface area contributed by atoms with E-state index in [-0.39, 0.29) is 49.1 Å². The van der Waals surface area contributed by atoms with Crippen LogP contribution in [0, 0.1) is 0 Å². The minimum atomic E-state index is -4.68. The maximum atomic E-state index is 13.1. The van der Waals surface area contributed by atoms with Crippen LogP contribution in [0.3, 0.4) is 0 Å². The molecule has 230 valence electrons. The van der Waals surface area contributed by atoms with Crippen LogP contribution < -0.4 is 22.7 Å². The van der Waals surface area contributed by atoms with E-state index in [2.05, 4.69) is 24.9 Å². The summed E-state index contributed by atoms with van der Waals surface area (Å²) < 4.78 is 49.8. The van der Waals surface area contributed by atoms with Gasteiger partial charge in [0.25, 0.3) is 5.56 Å². The molecule has 0 saturated carbocycles. The molecule has 0 bridgehead atoms. The summed E-state index contributed by atoms with van der Waals surface area (Å²) in [6.07, 6.45) is -1.77. The van der Waals surface area contributed by atoms with Gasteiger partial charge in [-0.3, -0.25) is 28.0 Å². The van der Waals surface area contributed by atoms with Crippen molar-refractivity contribution in [2.24, 2.45) is 0 Å². The third-order valence-electron chi connectivity index (χ3n) is 6.72. The van der Waals surface area contributed by atoms with Gasteiger partial charge in [-0.2, -0.15) is 9.97 Å². The number of nitrogen functional groups attached to an aromatic ring is 2. The number of phosphoric ester groups is 1. The van der Waals surface area contributed by atoms with Crippen molar-refractivity contribution in [2.45, 2.75) is 63.6 Å². The normalized spacial score (nSPS) is 27.5. The summed E-state index contributed by atoms with van der Waals surface area (Å²) in [7, 11) is -4.68. The number of aromatic nitrogens is 7. The second-order valence-corrected chi connectivity index (χ2v) is 10.9. The Hall–Kier alpha value is -3.29. The molecule has 7 atom stereocenters. The SMILES string of the molecule is CCOC[C@H]1O[C@@H](n2cnc3c(=O)[nH]c(N)nc32)C[C@H]1OP(=O)(O)OC[C@H]1O[C@@H](n2cnc(N)nc2=O)C[C@H]1OCC. The average Bonchev–Trinajstić information content (AvgIpc) is 3.63. The lowest BCUT2D eigenvalue weighted by Gasteiger charge is -2.23. The van der Waals surface area contributed by atoms with Crippen molar-refractivity contribution in [1.82, 2.24) is 34.1 Å². The summed E-state index contributed by atoms with van der Waals surface area (Å²) in [5.74, 6) is -0.278. The molecule has 42 heavy (non-hydrogen) atoms. The molecule has 5 rings (SSSR count). The molecule has 0 aliphatic carbocycles. The van der Waals surface area contributed by atoms with E-state index < -0.39 is 55.9 Å². The Morgan fingerprint density at radius 3 is 2.43 bits per heavy atom. The zero-order valence-corrected chi connectivity index (χ0v) is 23.7. The minimum absolute atomic E-state index is 0.0543. The Labute approximate surface area is 237 Å². The molecule has 0 amide bonds. The number of nitrogens with one attached hydrogen (secondary N) is 1. The molecule has 2 aliphatic heterocycles. The van der Waals surface area contributed by atoms with Crippen molar-refractivity contribution >= 4 is 30.9 Å². The predicted octanol–water partition coefficient (Wildman–Crippen LogP) is -0.545. The van der Waals surface area contributed by atoms with Crippen molar-refractivity contribution in [1.29, 1.82) is 0 Å². The summed E-state index contributed by atoms with van der Waals surface area (Å²) in [6.45, 7) is 3.94. The fourth-order valence-corrected chi connectivity index (χ4v) is 5.81. The van der Waals surface area contributed by atoms with Gasteiger partial charge in [-0.05, 0) is 13.8 Å². The Kier molecular flexibility index (Phi) is 9.00. The molecular weight excluding hydrogens is 581 g/mol. The Balaban J connectivity index is 1.27. The number of aromatic amines is 1. The number of anilines is 2. The van der Waals surface area contributed by atoms with Crippen LogP contribution in [0.2, 0.25) is 0 Å². The molecule has 20 heteroatoms. The van der Waals surface area contributed by atoms with E-state index in [0.717, 1.165) is 4.57 Å². The van der Waals surface area contributed by atoms with Gasteiger partial charge >= 0.3 is 13.5 Å². The largest absolute Gasteiger partial charge is 0.472 e. The molecule has 2 fully saturated rings. The van der Waals surface area contributed by atoms with Crippen LogP contribution in [0.25, 0.3) is 11.2 Å². The quantitative estimate of drug-likeness (QED) is 0.187. The topological polar surface area (TPSA) is 256 Å². The summed E-state index contributed by atoms with van der Waals surface area (Å²) in [5.41, 5.74) is 10.2. The predicted molar refractivity (Wildman–Crippen MR) is 143 cm³/mol. The summed E-state index contributed by atoms with van der Waals surface area (Å²) in [5, 5.41) is 0. The number of hydrogen-bond acceptors (Lipinski definition) is 15. The first kappa shape index (κ1) is 30.2. The van der Waals surface area contributed by atoms with E-state index in [1.165, 1.54) is 17.2 Å². The van der Waals surface area contributed by atoms with Crippen molar-refractivity contribution in [3.63, 3.8) is 0 Å². The number of H-pyrrole nitrogens is 1. The van der Waals surface area contributed by atoms with Crippen LogP contribution in [0.5, 0.6) is 0 Å². The highest BCUT2D eigenvalue weighted by molar-refractivity contribution is 7.47. The number of fused-ring (bicyclic) bond motifs is 1. The molecule has 0 aromatic carbocycles. The standard InChI is InChI=1S/C22H32N9O10P/c1-3-36-7-13-12(6-15(39-13)30-9-25-17-18(30)27-21(24)28-19(17)32)41-42(34,35)38-8-14-11(37-4-2)5-16(40-14)31-10-26-20(23)29-22(31)33/h9-16H,3-8H2,1-2H3,(H,34,35)(H2,23,29,33)(H3,24,27,28,32)/t11-,12-,13-,14-,15-,16-/m1/s1. The average molecular weight is 614 g/mol. The van der Waals surface area contributed by atoms with Crippen molar-refractivity contribution in [3.05, 3.63) is 33.5 Å². The third-order valence-corrected chi connectivity index (χ3v) is 7.73. The highest BCUT2D eigenvalue weighted by atomic mass is 31.2. The highest BCUT2D eigenvalue weighted by Gasteiger charge is 2.44. The van der Waals surface area contributed by atoms with Gasteiger partial charge in [-0.25, -0.2) is 19.3 Å². The van der Waals surface area contributed by atoms with E-state index in [1.54, 1.807) is 13.8 Å². The molecule has 0 radical (unpaired) electrons. The molecule has 1 unspecified atom stereocenters. The molecule has 19 nitrogen and oxygen atoms in total. The molecule has 2 aliphatic rings. The van der Waals surface area contributed by atoms with E-state index in [0.29, 0.717) is 13.2 Å². The lowest BCUT2D eigenvalue weighted by Crippen LogP contribution is -2.31. The molecular formula is C22H32N9O10P. The van der Waals surface area contributed by atoms with Gasteiger partial charge in [-0.15, -0.1) is 0 Å². The lowest BCUT2D eigenvalue weighted by atomic mass is 10.2. The molecule has 2 saturated heterocycles. The number of imidazole rings is 1. The number of nitrogens with two attached hydrogens (primary N) is 2. The van der Waals surface area contributed by atoms with E-state index in [9.17, 15) is 19.0 Å². The zero-order chi connectivity index (χ0) is 30.0. The molecule has 3 aromatic rings. The van der Waals surface area contributed by atoms with Crippen LogP contribution in [0.1, 0.15) is 39.1 Å². The first-order chi connectivity index (χ1) is 20.1. The van der Waals surface area contributed by atoms with Gasteiger partial charge in [0.05, 0.1) is 25.6 Å². The number of phosphoric acid groups is 1. The van der Waals surface area contributed by atoms with E-state index in [1.807, 2.05) is 0 Å². The second-order valence-electron chi connectivity index (χ2n) is 9.47. The third kappa shape index (κ3) is 6.52. The van der Waals surface area contributed by atoms with Crippen LogP contribution >= 0.6 is 7.82 Å². The molecule has 6 N–H and O–H groups in total. The van der Waals surface area contributed by atoms with Crippen LogP contribution in [0.15, 0.2) is 22.2 Å². The van der Waals surface area contributed by atoms with Crippen molar-refractivity contribution in [3.8, 4) is 0 Å². The monoisotopic (exact) mass is 613 g/mol. The molecule has 0 spiro atoms. The number of rotatable bonds is 12. The van der Waals surface area contributed by atoms with Gasteiger partial charge in [0.1, 0.15) is 37.1 Å². The molecule has 3 aromatic heterocycles. The van der Waals surface area contributed by atoms with Gasteiger partial charge in [0.15, 0.2) is 11.2 Å². The number of nitrogens with zero attached hydrogens (tertiary/aromatic N) is 6. The van der Waals surface area contributed by atoms with Gasteiger partial charge in [-0.1, -0.05) is 0 Å². The second kappa shape index (κ2) is 12.5. The zero-order valence-electron chi connectivity index (χ0n) is 22.8. The van der Waals surface area contributed by atoms with Crippen molar-refractivity contribution in [2.75, 3.05) is 37.9 Å². The summed E-state index contributed by atoms with van der Waals surface area (Å²) in [6, 6.07) is 0. The van der Waals surface area contributed by atoms with E-state index in [4.69, 9.17) is 39.5 Å².